The molecule has 1 saturated carbocycles. The minimum absolute atomic E-state index is 0.0939. The highest BCUT2D eigenvalue weighted by molar-refractivity contribution is 6.09. The Hall–Kier alpha value is -4.00. The third-order valence-corrected chi connectivity index (χ3v) is 6.14. The van der Waals surface area contributed by atoms with Crippen LogP contribution in [0.1, 0.15) is 61.1 Å². The van der Waals surface area contributed by atoms with E-state index in [9.17, 15) is 14.4 Å². The van der Waals surface area contributed by atoms with E-state index in [1.54, 1.807) is 48.7 Å². The molecule has 3 amide bonds. The molecule has 2 N–H and O–H groups in total. The van der Waals surface area contributed by atoms with Crippen LogP contribution in [0.2, 0.25) is 0 Å². The third-order valence-electron chi connectivity index (χ3n) is 6.14. The lowest BCUT2D eigenvalue weighted by Gasteiger charge is -2.33. The van der Waals surface area contributed by atoms with Crippen LogP contribution in [0.15, 0.2) is 79.0 Å². The molecule has 3 aromatic rings. The summed E-state index contributed by atoms with van der Waals surface area (Å²) in [4.78, 5) is 44.8. The van der Waals surface area contributed by atoms with E-state index in [-0.39, 0.29) is 29.5 Å². The number of hydrogen-bond acceptors (Lipinski definition) is 4. The standard InChI is InChI=1S/C28H30N4O3/c1-20(33)30-23-15-17-24(18-16-23)32(28(35)25-14-8-9-19-29-25)26(21-10-4-2-5-11-21)27(34)31-22-12-6-3-7-13-22/h2,4-5,8-11,14-19,22,26H,3,6-7,12-13H2,1H3,(H,30,33)(H,31,34)/t26-/m1/s1. The van der Waals surface area contributed by atoms with Gasteiger partial charge in [0.15, 0.2) is 0 Å². The first kappa shape index (κ1) is 24.1. The van der Waals surface area contributed by atoms with Crippen LogP contribution in [0.3, 0.4) is 0 Å². The highest BCUT2D eigenvalue weighted by Crippen LogP contribution is 2.31. The maximum atomic E-state index is 13.8. The van der Waals surface area contributed by atoms with Gasteiger partial charge in [-0.25, -0.2) is 0 Å². The summed E-state index contributed by atoms with van der Waals surface area (Å²) in [5, 5.41) is 5.94. The number of carbonyl (C=O) groups excluding carboxylic acids is 3. The number of anilines is 2. The predicted octanol–water partition coefficient (Wildman–Crippen LogP) is 4.88. The number of nitrogens with one attached hydrogen (secondary N) is 2. The van der Waals surface area contributed by atoms with Gasteiger partial charge in [0.1, 0.15) is 11.7 Å². The summed E-state index contributed by atoms with van der Waals surface area (Å²) in [6.07, 6.45) is 6.79. The summed E-state index contributed by atoms with van der Waals surface area (Å²) in [5.74, 6) is -0.794. The van der Waals surface area contributed by atoms with Gasteiger partial charge >= 0.3 is 0 Å². The lowest BCUT2D eigenvalue weighted by Crippen LogP contribution is -2.47. The van der Waals surface area contributed by atoms with Gasteiger partial charge < -0.3 is 10.6 Å². The van der Waals surface area contributed by atoms with Gasteiger partial charge in [0.2, 0.25) is 11.8 Å². The molecule has 0 saturated heterocycles. The number of pyridine rings is 1. The van der Waals surface area contributed by atoms with Crippen molar-refractivity contribution in [3.8, 4) is 0 Å². The van der Waals surface area contributed by atoms with Crippen molar-refractivity contribution >= 4 is 29.1 Å². The molecule has 7 heteroatoms. The Labute approximate surface area is 205 Å². The van der Waals surface area contributed by atoms with E-state index in [1.807, 2.05) is 30.3 Å². The van der Waals surface area contributed by atoms with Crippen molar-refractivity contribution in [3.05, 3.63) is 90.3 Å². The van der Waals surface area contributed by atoms with Crippen LogP contribution in [0, 0.1) is 0 Å². The van der Waals surface area contributed by atoms with E-state index in [4.69, 9.17) is 0 Å². The minimum Gasteiger partial charge on any atom is -0.351 e. The van der Waals surface area contributed by atoms with Gasteiger partial charge in [-0.05, 0) is 54.8 Å². The summed E-state index contributed by atoms with van der Waals surface area (Å²) in [6.45, 7) is 1.44. The van der Waals surface area contributed by atoms with E-state index in [0.29, 0.717) is 16.9 Å². The number of hydrogen-bond donors (Lipinski definition) is 2. The fourth-order valence-corrected chi connectivity index (χ4v) is 4.48. The molecule has 0 aliphatic heterocycles. The monoisotopic (exact) mass is 470 g/mol. The molecule has 1 atom stereocenters. The van der Waals surface area contributed by atoms with Crippen molar-refractivity contribution in [2.75, 3.05) is 10.2 Å². The summed E-state index contributed by atoms with van der Waals surface area (Å²) in [7, 11) is 0. The molecular formula is C28H30N4O3. The molecular weight excluding hydrogens is 440 g/mol. The molecule has 1 heterocycles. The Balaban J connectivity index is 1.76. The largest absolute Gasteiger partial charge is 0.351 e. The Morgan fingerprint density at radius 2 is 1.57 bits per heavy atom. The van der Waals surface area contributed by atoms with Gasteiger partial charge in [-0.1, -0.05) is 55.7 Å². The summed E-state index contributed by atoms with van der Waals surface area (Å²) in [6, 6.07) is 20.6. The summed E-state index contributed by atoms with van der Waals surface area (Å²) < 4.78 is 0. The van der Waals surface area contributed by atoms with Gasteiger partial charge in [0.25, 0.3) is 5.91 Å². The molecule has 0 bridgehead atoms. The second kappa shape index (κ2) is 11.4. The van der Waals surface area contributed by atoms with Crippen molar-refractivity contribution in [1.29, 1.82) is 0 Å². The van der Waals surface area contributed by atoms with Crippen LogP contribution in [0.25, 0.3) is 0 Å². The van der Waals surface area contributed by atoms with E-state index < -0.39 is 6.04 Å². The summed E-state index contributed by atoms with van der Waals surface area (Å²) >= 11 is 0. The van der Waals surface area contributed by atoms with Crippen molar-refractivity contribution in [2.24, 2.45) is 0 Å². The zero-order chi connectivity index (χ0) is 24.6. The first-order valence-electron chi connectivity index (χ1n) is 12.0. The van der Waals surface area contributed by atoms with Gasteiger partial charge in [0.05, 0.1) is 0 Å². The molecule has 1 aliphatic rings. The molecule has 2 aromatic carbocycles. The molecule has 0 spiro atoms. The number of benzene rings is 2. The maximum Gasteiger partial charge on any atom is 0.277 e. The number of amides is 3. The SMILES string of the molecule is CC(=O)Nc1ccc(N(C(=O)c2ccccn2)[C@@H](C(=O)NC2CCCCC2)c2ccccc2)cc1. The summed E-state index contributed by atoms with van der Waals surface area (Å²) in [5.41, 5.74) is 2.08. The minimum atomic E-state index is -0.890. The Morgan fingerprint density at radius 3 is 2.20 bits per heavy atom. The van der Waals surface area contributed by atoms with Gasteiger partial charge in [-0.3, -0.25) is 24.3 Å². The maximum absolute atomic E-state index is 13.8. The first-order chi connectivity index (χ1) is 17.0. The molecule has 1 aliphatic carbocycles. The van der Waals surface area contributed by atoms with Gasteiger partial charge in [0, 0.05) is 30.5 Å². The predicted molar refractivity (Wildman–Crippen MR) is 136 cm³/mol. The highest BCUT2D eigenvalue weighted by Gasteiger charge is 2.35. The lowest BCUT2D eigenvalue weighted by molar-refractivity contribution is -0.123. The first-order valence-corrected chi connectivity index (χ1v) is 12.0. The van der Waals surface area contributed by atoms with E-state index in [1.165, 1.54) is 18.2 Å². The van der Waals surface area contributed by atoms with Crippen molar-refractivity contribution < 1.29 is 14.4 Å². The van der Waals surface area contributed by atoms with E-state index >= 15 is 0 Å². The second-order valence-electron chi connectivity index (χ2n) is 8.77. The number of aromatic nitrogens is 1. The molecule has 180 valence electrons. The number of nitrogens with zero attached hydrogens (tertiary/aromatic N) is 2. The quantitative estimate of drug-likeness (QED) is 0.515. The molecule has 0 radical (unpaired) electrons. The number of carbonyl (C=O) groups is 3. The molecule has 1 fully saturated rings. The normalized spacial score (nSPS) is 14.5. The number of rotatable bonds is 7. The molecule has 4 rings (SSSR count). The van der Waals surface area contributed by atoms with E-state index in [2.05, 4.69) is 15.6 Å². The molecule has 7 nitrogen and oxygen atoms in total. The van der Waals surface area contributed by atoms with E-state index in [0.717, 1.165) is 25.7 Å². The van der Waals surface area contributed by atoms with Crippen LogP contribution in [-0.4, -0.2) is 28.7 Å². The van der Waals surface area contributed by atoms with Gasteiger partial charge in [-0.2, -0.15) is 0 Å². The van der Waals surface area contributed by atoms with Crippen LogP contribution in [0.4, 0.5) is 11.4 Å². The third kappa shape index (κ3) is 6.12. The average Bonchev–Trinajstić information content (AvgIpc) is 2.88. The smallest absolute Gasteiger partial charge is 0.277 e. The lowest BCUT2D eigenvalue weighted by atomic mass is 9.94. The second-order valence-corrected chi connectivity index (χ2v) is 8.77. The van der Waals surface area contributed by atoms with Crippen LogP contribution >= 0.6 is 0 Å². The highest BCUT2D eigenvalue weighted by atomic mass is 16.2. The topological polar surface area (TPSA) is 91.4 Å². The van der Waals surface area contributed by atoms with Crippen LogP contribution in [0.5, 0.6) is 0 Å². The Morgan fingerprint density at radius 1 is 0.886 bits per heavy atom. The van der Waals surface area contributed by atoms with Crippen molar-refractivity contribution in [1.82, 2.24) is 10.3 Å². The average molecular weight is 471 g/mol. The fraction of sp³-hybridized carbons (Fsp3) is 0.286. The zero-order valence-electron chi connectivity index (χ0n) is 19.8. The zero-order valence-corrected chi connectivity index (χ0v) is 19.8. The van der Waals surface area contributed by atoms with Crippen molar-refractivity contribution in [3.63, 3.8) is 0 Å². The Bertz CT molecular complexity index is 1140. The molecule has 0 unspecified atom stereocenters. The van der Waals surface area contributed by atoms with Crippen LogP contribution in [-0.2, 0) is 9.59 Å². The molecule has 35 heavy (non-hydrogen) atoms. The Kier molecular flexibility index (Phi) is 7.88. The van der Waals surface area contributed by atoms with Gasteiger partial charge in [-0.15, -0.1) is 0 Å². The van der Waals surface area contributed by atoms with Crippen LogP contribution < -0.4 is 15.5 Å². The molecule has 1 aromatic heterocycles. The van der Waals surface area contributed by atoms with Crippen molar-refractivity contribution in [2.45, 2.75) is 51.1 Å². The fourth-order valence-electron chi connectivity index (χ4n) is 4.48.